The highest BCUT2D eigenvalue weighted by Crippen LogP contribution is 2.27. The van der Waals surface area contributed by atoms with Crippen LogP contribution in [-0.2, 0) is 6.54 Å². The van der Waals surface area contributed by atoms with Crippen LogP contribution in [0.15, 0.2) is 18.2 Å². The molecule has 86 valence electrons. The van der Waals surface area contributed by atoms with E-state index in [0.717, 1.165) is 11.3 Å². The molecule has 0 aromatic heterocycles. The summed E-state index contributed by atoms with van der Waals surface area (Å²) in [5, 5.41) is 9.69. The number of fused-ring (bicyclic) bond motifs is 1. The smallest absolute Gasteiger partial charge is 0.407 e. The highest BCUT2D eigenvalue weighted by atomic mass is 35.5. The lowest BCUT2D eigenvalue weighted by atomic mass is 10.1. The van der Waals surface area contributed by atoms with Gasteiger partial charge in [-0.2, -0.15) is 0 Å². The van der Waals surface area contributed by atoms with Gasteiger partial charge in [-0.1, -0.05) is 17.7 Å². The number of hydrogen-bond acceptors (Lipinski definition) is 2. The summed E-state index contributed by atoms with van der Waals surface area (Å²) in [6, 6.07) is 5.55. The SMILES string of the molecule is CN1CCN(C(=O)O)Cc2ccc(Cl)cc21. The van der Waals surface area contributed by atoms with E-state index in [-0.39, 0.29) is 0 Å². The third kappa shape index (κ3) is 2.07. The minimum absolute atomic E-state index is 0.423. The first-order chi connectivity index (χ1) is 7.58. The van der Waals surface area contributed by atoms with Crippen molar-refractivity contribution in [2.24, 2.45) is 0 Å². The summed E-state index contributed by atoms with van der Waals surface area (Å²) in [5.74, 6) is 0. The van der Waals surface area contributed by atoms with Gasteiger partial charge in [0.15, 0.2) is 0 Å². The molecular formula is C11H13ClN2O2. The molecule has 2 rings (SSSR count). The number of carbonyl (C=O) groups is 1. The number of likely N-dealkylation sites (N-methyl/N-ethyl adjacent to an activating group) is 1. The first kappa shape index (κ1) is 11.1. The minimum atomic E-state index is -0.879. The van der Waals surface area contributed by atoms with Crippen LogP contribution in [0.3, 0.4) is 0 Å². The number of anilines is 1. The van der Waals surface area contributed by atoms with Gasteiger partial charge in [-0.25, -0.2) is 4.79 Å². The van der Waals surface area contributed by atoms with Gasteiger partial charge in [-0.15, -0.1) is 0 Å². The first-order valence-electron chi connectivity index (χ1n) is 5.05. The fraction of sp³-hybridized carbons (Fsp3) is 0.364. The maximum Gasteiger partial charge on any atom is 0.407 e. The number of benzene rings is 1. The number of rotatable bonds is 0. The lowest BCUT2D eigenvalue weighted by Crippen LogP contribution is -2.33. The second-order valence-corrected chi connectivity index (χ2v) is 4.34. The molecule has 1 amide bonds. The Bertz CT molecular complexity index is 422. The summed E-state index contributed by atoms with van der Waals surface area (Å²) in [6.07, 6.45) is -0.879. The van der Waals surface area contributed by atoms with Crippen molar-refractivity contribution in [2.75, 3.05) is 25.0 Å². The van der Waals surface area contributed by atoms with E-state index in [4.69, 9.17) is 16.7 Å². The summed E-state index contributed by atoms with van der Waals surface area (Å²) in [6.45, 7) is 1.62. The number of carboxylic acid groups (broad SMARTS) is 1. The Morgan fingerprint density at radius 1 is 1.44 bits per heavy atom. The second kappa shape index (κ2) is 4.22. The minimum Gasteiger partial charge on any atom is -0.465 e. The van der Waals surface area contributed by atoms with Crippen molar-refractivity contribution in [3.63, 3.8) is 0 Å². The van der Waals surface area contributed by atoms with Crippen molar-refractivity contribution < 1.29 is 9.90 Å². The quantitative estimate of drug-likeness (QED) is 0.757. The van der Waals surface area contributed by atoms with Crippen LogP contribution in [0.4, 0.5) is 10.5 Å². The maximum atomic E-state index is 11.0. The molecule has 16 heavy (non-hydrogen) atoms. The van der Waals surface area contributed by atoms with E-state index in [2.05, 4.69) is 0 Å². The van der Waals surface area contributed by atoms with Crippen LogP contribution in [0.2, 0.25) is 5.02 Å². The van der Waals surface area contributed by atoms with E-state index in [1.54, 1.807) is 6.07 Å². The van der Waals surface area contributed by atoms with Gasteiger partial charge in [0, 0.05) is 30.8 Å². The van der Waals surface area contributed by atoms with Crippen LogP contribution in [0.5, 0.6) is 0 Å². The Morgan fingerprint density at radius 2 is 2.19 bits per heavy atom. The third-order valence-electron chi connectivity index (χ3n) is 2.80. The predicted octanol–water partition coefficient (Wildman–Crippen LogP) is 2.27. The number of nitrogens with zero attached hydrogens (tertiary/aromatic N) is 2. The Kier molecular flexibility index (Phi) is 2.92. The Morgan fingerprint density at radius 3 is 2.88 bits per heavy atom. The van der Waals surface area contributed by atoms with Crippen LogP contribution in [-0.4, -0.2) is 36.2 Å². The van der Waals surface area contributed by atoms with Crippen molar-refractivity contribution >= 4 is 23.4 Å². The second-order valence-electron chi connectivity index (χ2n) is 3.90. The molecule has 0 saturated heterocycles. The Labute approximate surface area is 99.0 Å². The molecule has 4 nitrogen and oxygen atoms in total. The summed E-state index contributed by atoms with van der Waals surface area (Å²) in [4.78, 5) is 14.4. The van der Waals surface area contributed by atoms with Gasteiger partial charge in [-0.3, -0.25) is 0 Å². The molecule has 1 aliphatic rings. The predicted molar refractivity (Wildman–Crippen MR) is 63.2 cm³/mol. The zero-order valence-electron chi connectivity index (χ0n) is 8.98. The summed E-state index contributed by atoms with van der Waals surface area (Å²) in [7, 11) is 1.94. The lowest BCUT2D eigenvalue weighted by molar-refractivity contribution is 0.145. The largest absolute Gasteiger partial charge is 0.465 e. The standard InChI is InChI=1S/C11H13ClN2O2/c1-13-4-5-14(11(15)16)7-8-2-3-9(12)6-10(8)13/h2-3,6H,4-5,7H2,1H3,(H,15,16). The van der Waals surface area contributed by atoms with E-state index < -0.39 is 6.09 Å². The fourth-order valence-corrected chi connectivity index (χ4v) is 2.03. The molecule has 0 saturated carbocycles. The number of hydrogen-bond donors (Lipinski definition) is 1. The average Bonchev–Trinajstić information content (AvgIpc) is 2.39. The van der Waals surface area contributed by atoms with E-state index in [9.17, 15) is 4.79 Å². The van der Waals surface area contributed by atoms with Crippen molar-refractivity contribution in [1.29, 1.82) is 0 Å². The van der Waals surface area contributed by atoms with E-state index in [1.807, 2.05) is 24.1 Å². The van der Waals surface area contributed by atoms with Gasteiger partial charge in [0.1, 0.15) is 0 Å². The van der Waals surface area contributed by atoms with Crippen molar-refractivity contribution in [3.8, 4) is 0 Å². The monoisotopic (exact) mass is 240 g/mol. The van der Waals surface area contributed by atoms with E-state index >= 15 is 0 Å². The number of amides is 1. The first-order valence-corrected chi connectivity index (χ1v) is 5.43. The molecule has 1 aliphatic heterocycles. The van der Waals surface area contributed by atoms with E-state index in [0.29, 0.717) is 24.7 Å². The topological polar surface area (TPSA) is 43.8 Å². The highest BCUT2D eigenvalue weighted by Gasteiger charge is 2.20. The molecule has 0 aliphatic carbocycles. The Hall–Kier alpha value is -1.42. The Balaban J connectivity index is 2.37. The highest BCUT2D eigenvalue weighted by molar-refractivity contribution is 6.30. The van der Waals surface area contributed by atoms with Crippen LogP contribution in [0, 0.1) is 0 Å². The van der Waals surface area contributed by atoms with Crippen molar-refractivity contribution in [1.82, 2.24) is 4.90 Å². The van der Waals surface area contributed by atoms with Gasteiger partial charge in [0.05, 0.1) is 6.54 Å². The van der Waals surface area contributed by atoms with Gasteiger partial charge in [0.25, 0.3) is 0 Å². The molecule has 0 bridgehead atoms. The molecule has 0 fully saturated rings. The van der Waals surface area contributed by atoms with Gasteiger partial charge in [0.2, 0.25) is 0 Å². The molecule has 1 aromatic carbocycles. The van der Waals surface area contributed by atoms with Gasteiger partial charge < -0.3 is 14.9 Å². The van der Waals surface area contributed by atoms with Crippen LogP contribution in [0.1, 0.15) is 5.56 Å². The lowest BCUT2D eigenvalue weighted by Gasteiger charge is -2.18. The molecule has 5 heteroatoms. The third-order valence-corrected chi connectivity index (χ3v) is 3.03. The summed E-state index contributed by atoms with van der Waals surface area (Å²) < 4.78 is 0. The molecule has 1 heterocycles. The van der Waals surface area contributed by atoms with E-state index in [1.165, 1.54) is 4.90 Å². The average molecular weight is 241 g/mol. The molecule has 0 spiro atoms. The summed E-state index contributed by atoms with van der Waals surface area (Å²) in [5.41, 5.74) is 2.00. The van der Waals surface area contributed by atoms with Gasteiger partial charge >= 0.3 is 6.09 Å². The van der Waals surface area contributed by atoms with Crippen molar-refractivity contribution in [3.05, 3.63) is 28.8 Å². The molecular weight excluding hydrogens is 228 g/mol. The van der Waals surface area contributed by atoms with Crippen LogP contribution in [0.25, 0.3) is 0 Å². The van der Waals surface area contributed by atoms with Gasteiger partial charge in [-0.05, 0) is 17.7 Å². The zero-order chi connectivity index (χ0) is 11.7. The normalized spacial score (nSPS) is 15.6. The maximum absolute atomic E-state index is 11.0. The zero-order valence-corrected chi connectivity index (χ0v) is 9.74. The molecule has 0 atom stereocenters. The number of halogens is 1. The van der Waals surface area contributed by atoms with Crippen LogP contribution >= 0.6 is 11.6 Å². The fourth-order valence-electron chi connectivity index (χ4n) is 1.87. The van der Waals surface area contributed by atoms with Crippen LogP contribution < -0.4 is 4.90 Å². The molecule has 0 unspecified atom stereocenters. The molecule has 1 N–H and O–H groups in total. The summed E-state index contributed by atoms with van der Waals surface area (Å²) >= 11 is 5.94. The van der Waals surface area contributed by atoms with Crippen molar-refractivity contribution in [2.45, 2.75) is 6.54 Å². The molecule has 1 aromatic rings. The molecule has 0 radical (unpaired) electrons.